The lowest BCUT2D eigenvalue weighted by Crippen LogP contribution is -2.62. The summed E-state index contributed by atoms with van der Waals surface area (Å²) in [5.41, 5.74) is 0. The number of hydrogen-bond acceptors (Lipinski definition) is 5. The summed E-state index contributed by atoms with van der Waals surface area (Å²) in [4.78, 5) is 15.8. The molecule has 2 bridgehead atoms. The Kier molecular flexibility index (Phi) is 4.56. The molecule has 2 unspecified atom stereocenters. The quantitative estimate of drug-likeness (QED) is 0.848. The van der Waals surface area contributed by atoms with Gasteiger partial charge in [-0.1, -0.05) is 34.3 Å². The van der Waals surface area contributed by atoms with E-state index in [1.165, 1.54) is 48.6 Å². The first-order chi connectivity index (χ1) is 11.6. The van der Waals surface area contributed by atoms with E-state index in [9.17, 15) is 4.79 Å². The SMILES string of the molecule is CC1C(NC(=O)c2ccc(Oc3ccc(Cl)s3)s2)C2CCN1CC2. The number of halogens is 1. The molecule has 3 fully saturated rings. The van der Waals surface area contributed by atoms with E-state index in [4.69, 9.17) is 16.3 Å². The molecule has 3 aliphatic rings. The van der Waals surface area contributed by atoms with Gasteiger partial charge in [0, 0.05) is 12.1 Å². The molecule has 4 nitrogen and oxygen atoms in total. The van der Waals surface area contributed by atoms with Gasteiger partial charge in [0.05, 0.1) is 9.21 Å². The lowest BCUT2D eigenvalue weighted by molar-refractivity contribution is 0.0218. The molecule has 1 N–H and O–H groups in total. The highest BCUT2D eigenvalue weighted by molar-refractivity contribution is 7.18. The van der Waals surface area contributed by atoms with Crippen LogP contribution in [0.4, 0.5) is 0 Å². The molecular weight excluding hydrogens is 364 g/mol. The third-order valence-corrected chi connectivity index (χ3v) is 7.10. The molecule has 0 aromatic carbocycles. The zero-order chi connectivity index (χ0) is 16.7. The minimum Gasteiger partial charge on any atom is -0.436 e. The molecule has 2 aromatic rings. The number of fused-ring (bicyclic) bond motifs is 3. The Morgan fingerprint density at radius 2 is 1.92 bits per heavy atom. The molecule has 24 heavy (non-hydrogen) atoms. The van der Waals surface area contributed by atoms with Gasteiger partial charge < -0.3 is 10.1 Å². The maximum Gasteiger partial charge on any atom is 0.261 e. The van der Waals surface area contributed by atoms with Crippen molar-refractivity contribution in [3.63, 3.8) is 0 Å². The normalized spacial score (nSPS) is 28.8. The summed E-state index contributed by atoms with van der Waals surface area (Å²) in [5.74, 6) is 0.613. The molecule has 2 aromatic heterocycles. The maximum atomic E-state index is 12.6. The van der Waals surface area contributed by atoms with Crippen LogP contribution < -0.4 is 10.1 Å². The lowest BCUT2D eigenvalue weighted by atomic mass is 9.79. The largest absolute Gasteiger partial charge is 0.436 e. The second kappa shape index (κ2) is 6.67. The van der Waals surface area contributed by atoms with Gasteiger partial charge in [0.25, 0.3) is 5.91 Å². The van der Waals surface area contributed by atoms with Gasteiger partial charge in [-0.05, 0) is 63.0 Å². The molecule has 3 aliphatic heterocycles. The fourth-order valence-electron chi connectivity index (χ4n) is 3.72. The number of thiophene rings is 2. The van der Waals surface area contributed by atoms with Crippen LogP contribution in [0.3, 0.4) is 0 Å². The van der Waals surface area contributed by atoms with Gasteiger partial charge in [-0.15, -0.1) is 0 Å². The number of nitrogens with one attached hydrogen (secondary N) is 1. The second-order valence-electron chi connectivity index (χ2n) is 6.39. The first-order valence-electron chi connectivity index (χ1n) is 8.18. The third kappa shape index (κ3) is 3.20. The van der Waals surface area contributed by atoms with Crippen LogP contribution in [0, 0.1) is 5.92 Å². The summed E-state index contributed by atoms with van der Waals surface area (Å²) in [5, 5.41) is 4.70. The molecule has 0 aliphatic carbocycles. The van der Waals surface area contributed by atoms with Crippen LogP contribution in [0.5, 0.6) is 10.1 Å². The molecule has 2 atom stereocenters. The van der Waals surface area contributed by atoms with Crippen molar-refractivity contribution in [1.82, 2.24) is 10.2 Å². The van der Waals surface area contributed by atoms with Crippen LogP contribution in [0.25, 0.3) is 0 Å². The van der Waals surface area contributed by atoms with Crippen molar-refractivity contribution < 1.29 is 9.53 Å². The van der Waals surface area contributed by atoms with Gasteiger partial charge in [0.2, 0.25) is 0 Å². The van der Waals surface area contributed by atoms with E-state index in [0.717, 1.165) is 5.06 Å². The fraction of sp³-hybridized carbons (Fsp3) is 0.471. The Morgan fingerprint density at radius 1 is 1.21 bits per heavy atom. The summed E-state index contributed by atoms with van der Waals surface area (Å²) in [6.07, 6.45) is 2.38. The zero-order valence-corrected chi connectivity index (χ0v) is 15.7. The molecular formula is C17H19ClN2O2S2. The van der Waals surface area contributed by atoms with Gasteiger partial charge in [-0.3, -0.25) is 9.69 Å². The Hall–Kier alpha value is -1.08. The van der Waals surface area contributed by atoms with Crippen molar-refractivity contribution in [2.45, 2.75) is 31.8 Å². The van der Waals surface area contributed by atoms with Gasteiger partial charge in [0.15, 0.2) is 10.1 Å². The predicted octanol–water partition coefficient (Wildman–Crippen LogP) is 4.47. The van der Waals surface area contributed by atoms with E-state index in [-0.39, 0.29) is 11.9 Å². The Bertz CT molecular complexity index is 735. The van der Waals surface area contributed by atoms with Crippen molar-refractivity contribution in [2.75, 3.05) is 13.1 Å². The van der Waals surface area contributed by atoms with Gasteiger partial charge in [-0.25, -0.2) is 0 Å². The zero-order valence-electron chi connectivity index (χ0n) is 13.3. The topological polar surface area (TPSA) is 41.6 Å². The molecule has 0 radical (unpaired) electrons. The number of rotatable bonds is 4. The van der Waals surface area contributed by atoms with Crippen LogP contribution in [0.1, 0.15) is 29.4 Å². The molecule has 0 spiro atoms. The van der Waals surface area contributed by atoms with Crippen molar-refractivity contribution in [3.05, 3.63) is 33.5 Å². The number of piperidine rings is 3. The third-order valence-electron chi connectivity index (χ3n) is 5.03. The summed E-state index contributed by atoms with van der Waals surface area (Å²) in [7, 11) is 0. The van der Waals surface area contributed by atoms with Crippen molar-refractivity contribution >= 4 is 40.2 Å². The minimum absolute atomic E-state index is 0.00432. The number of ether oxygens (including phenoxy) is 1. The average Bonchev–Trinajstić information content (AvgIpc) is 3.21. The number of amides is 1. The summed E-state index contributed by atoms with van der Waals surface area (Å²) in [6.45, 7) is 4.55. The van der Waals surface area contributed by atoms with Gasteiger partial charge in [-0.2, -0.15) is 0 Å². The first-order valence-corrected chi connectivity index (χ1v) is 10.2. The summed E-state index contributed by atoms with van der Waals surface area (Å²) < 4.78 is 6.45. The number of hydrogen-bond donors (Lipinski definition) is 1. The highest BCUT2D eigenvalue weighted by Gasteiger charge is 2.40. The van der Waals surface area contributed by atoms with Crippen LogP contribution in [-0.2, 0) is 0 Å². The molecule has 3 saturated heterocycles. The van der Waals surface area contributed by atoms with Gasteiger partial charge in [0.1, 0.15) is 0 Å². The number of nitrogens with zero attached hydrogens (tertiary/aromatic N) is 1. The monoisotopic (exact) mass is 382 g/mol. The molecule has 0 saturated carbocycles. The molecule has 5 heterocycles. The predicted molar refractivity (Wildman–Crippen MR) is 98.7 cm³/mol. The van der Waals surface area contributed by atoms with E-state index in [0.29, 0.717) is 26.2 Å². The maximum absolute atomic E-state index is 12.6. The molecule has 1 amide bonds. The highest BCUT2D eigenvalue weighted by Crippen LogP contribution is 2.36. The molecule has 7 heteroatoms. The average molecular weight is 383 g/mol. The summed E-state index contributed by atoms with van der Waals surface area (Å²) >= 11 is 8.66. The van der Waals surface area contributed by atoms with Crippen LogP contribution >= 0.6 is 34.3 Å². The van der Waals surface area contributed by atoms with Crippen LogP contribution in [0.15, 0.2) is 24.3 Å². The van der Waals surface area contributed by atoms with Crippen molar-refractivity contribution in [2.24, 2.45) is 5.92 Å². The van der Waals surface area contributed by atoms with E-state index in [1.807, 2.05) is 18.2 Å². The number of carbonyl (C=O) groups is 1. The van der Waals surface area contributed by atoms with E-state index >= 15 is 0 Å². The van der Waals surface area contributed by atoms with E-state index in [1.54, 1.807) is 6.07 Å². The smallest absolute Gasteiger partial charge is 0.261 e. The second-order valence-corrected chi connectivity index (χ2v) is 9.12. The van der Waals surface area contributed by atoms with Crippen molar-refractivity contribution in [1.29, 1.82) is 0 Å². The minimum atomic E-state index is 0.00432. The Labute approximate surface area is 154 Å². The van der Waals surface area contributed by atoms with E-state index in [2.05, 4.69) is 17.1 Å². The van der Waals surface area contributed by atoms with Crippen LogP contribution in [-0.4, -0.2) is 36.0 Å². The van der Waals surface area contributed by atoms with Crippen LogP contribution in [0.2, 0.25) is 4.34 Å². The summed E-state index contributed by atoms with van der Waals surface area (Å²) in [6, 6.07) is 7.98. The Morgan fingerprint density at radius 3 is 2.58 bits per heavy atom. The van der Waals surface area contributed by atoms with E-state index < -0.39 is 0 Å². The van der Waals surface area contributed by atoms with Gasteiger partial charge >= 0.3 is 0 Å². The Balaban J connectivity index is 1.41. The van der Waals surface area contributed by atoms with Crippen molar-refractivity contribution in [3.8, 4) is 10.1 Å². The number of carbonyl (C=O) groups excluding carboxylic acids is 1. The highest BCUT2D eigenvalue weighted by atomic mass is 35.5. The first kappa shape index (κ1) is 16.4. The molecule has 5 rings (SSSR count). The standard InChI is InChI=1S/C17H19ClN2O2S2/c1-10-16(11-6-8-20(10)9-7-11)19-17(21)12-2-4-14(23-12)22-15-5-3-13(18)24-15/h2-5,10-11,16H,6-9H2,1H3,(H,19,21). The lowest BCUT2D eigenvalue weighted by Gasteiger charge is -2.49. The fourth-order valence-corrected chi connectivity index (χ4v) is 5.43. The molecule has 128 valence electrons.